The number of hydrogen-bond donors (Lipinski definition) is 2. The van der Waals surface area contributed by atoms with Gasteiger partial charge in [-0.3, -0.25) is 0 Å². The molecule has 0 bridgehead atoms. The summed E-state index contributed by atoms with van der Waals surface area (Å²) < 4.78 is 6.29. The van der Waals surface area contributed by atoms with E-state index in [4.69, 9.17) is 16.3 Å². The minimum atomic E-state index is -1.04. The first kappa shape index (κ1) is 18.6. The van der Waals surface area contributed by atoms with Crippen LogP contribution in [-0.2, 0) is 12.8 Å². The summed E-state index contributed by atoms with van der Waals surface area (Å²) >= 11 is 6.42. The van der Waals surface area contributed by atoms with Crippen LogP contribution in [0.1, 0.15) is 42.0 Å². The highest BCUT2D eigenvalue weighted by Gasteiger charge is 2.35. The van der Waals surface area contributed by atoms with E-state index < -0.39 is 6.09 Å². The molecule has 1 aliphatic rings. The summed E-state index contributed by atoms with van der Waals surface area (Å²) in [4.78, 5) is 11.3. The van der Waals surface area contributed by atoms with Crippen molar-refractivity contribution in [1.82, 2.24) is 5.32 Å². The van der Waals surface area contributed by atoms with Crippen molar-refractivity contribution in [2.75, 3.05) is 0 Å². The molecule has 2 unspecified atom stereocenters. The Balaban J connectivity index is 1.91. The maximum absolute atomic E-state index is 11.3. The Morgan fingerprint density at radius 3 is 2.65 bits per heavy atom. The van der Waals surface area contributed by atoms with Crippen LogP contribution in [0.25, 0.3) is 0 Å². The van der Waals surface area contributed by atoms with Crippen molar-refractivity contribution >= 4 is 17.7 Å². The number of fused-ring (bicyclic) bond motifs is 1. The topological polar surface area (TPSA) is 58.6 Å². The lowest BCUT2D eigenvalue weighted by atomic mass is 9.93. The summed E-state index contributed by atoms with van der Waals surface area (Å²) in [6.07, 6.45) is -0.0604. The van der Waals surface area contributed by atoms with Crippen LogP contribution in [0.2, 0.25) is 5.02 Å². The van der Waals surface area contributed by atoms with Crippen molar-refractivity contribution < 1.29 is 14.6 Å². The Morgan fingerprint density at radius 2 is 2.04 bits per heavy atom. The van der Waals surface area contributed by atoms with Gasteiger partial charge >= 0.3 is 6.09 Å². The van der Waals surface area contributed by atoms with Crippen molar-refractivity contribution in [2.45, 2.75) is 51.7 Å². The molecule has 1 heterocycles. The molecule has 0 saturated carbocycles. The number of ether oxygens (including phenoxy) is 1. The predicted octanol–water partition coefficient (Wildman–Crippen LogP) is 4.95. The molecule has 2 aromatic rings. The molecular weight excluding hydrogens is 350 g/mol. The predicted molar refractivity (Wildman–Crippen MR) is 103 cm³/mol. The fourth-order valence-corrected chi connectivity index (χ4v) is 3.77. The lowest BCUT2D eigenvalue weighted by Crippen LogP contribution is -2.46. The van der Waals surface area contributed by atoms with Gasteiger partial charge < -0.3 is 15.2 Å². The van der Waals surface area contributed by atoms with Gasteiger partial charge in [-0.05, 0) is 42.0 Å². The molecule has 0 fully saturated rings. The van der Waals surface area contributed by atoms with Gasteiger partial charge in [-0.1, -0.05) is 55.8 Å². The number of carboxylic acid groups (broad SMARTS) is 1. The summed E-state index contributed by atoms with van der Waals surface area (Å²) in [5, 5.41) is 12.7. The zero-order valence-corrected chi connectivity index (χ0v) is 16.0. The Kier molecular flexibility index (Phi) is 5.42. The average Bonchev–Trinajstić information content (AvgIpc) is 3.03. The summed E-state index contributed by atoms with van der Waals surface area (Å²) in [6.45, 7) is 6.21. The number of hydrogen-bond acceptors (Lipinski definition) is 2. The quantitative estimate of drug-likeness (QED) is 0.779. The monoisotopic (exact) mass is 373 g/mol. The van der Waals surface area contributed by atoms with Gasteiger partial charge in [0.2, 0.25) is 0 Å². The Labute approximate surface area is 159 Å². The van der Waals surface area contributed by atoms with E-state index in [9.17, 15) is 9.90 Å². The second kappa shape index (κ2) is 7.58. The van der Waals surface area contributed by atoms with E-state index in [2.05, 4.69) is 19.2 Å². The minimum Gasteiger partial charge on any atom is -0.487 e. The van der Waals surface area contributed by atoms with E-state index in [1.165, 1.54) is 0 Å². The molecule has 0 spiro atoms. The minimum absolute atomic E-state index is 0.254. The van der Waals surface area contributed by atoms with E-state index in [0.717, 1.165) is 33.0 Å². The van der Waals surface area contributed by atoms with Gasteiger partial charge in [0.05, 0.1) is 6.04 Å². The number of halogens is 1. The molecule has 2 aromatic carbocycles. The summed E-state index contributed by atoms with van der Waals surface area (Å²) in [5.74, 6) is 1.15. The molecule has 138 valence electrons. The molecular formula is C21H24ClNO3. The summed E-state index contributed by atoms with van der Waals surface area (Å²) in [5.41, 5.74) is 4.26. The van der Waals surface area contributed by atoms with Crippen LogP contribution in [0.4, 0.5) is 4.79 Å². The van der Waals surface area contributed by atoms with Gasteiger partial charge in [0.1, 0.15) is 11.9 Å². The Morgan fingerprint density at radius 1 is 1.35 bits per heavy atom. The third-order valence-corrected chi connectivity index (χ3v) is 5.37. The van der Waals surface area contributed by atoms with Crippen LogP contribution in [0.3, 0.4) is 0 Å². The maximum atomic E-state index is 11.3. The smallest absolute Gasteiger partial charge is 0.405 e. The number of nitrogens with one attached hydrogen (secondary N) is 1. The van der Waals surface area contributed by atoms with E-state index in [0.29, 0.717) is 12.8 Å². The first-order chi connectivity index (χ1) is 12.4. The number of amides is 1. The molecule has 1 amide bonds. The van der Waals surface area contributed by atoms with Gasteiger partial charge in [-0.15, -0.1) is 0 Å². The molecule has 3 rings (SSSR count). The second-order valence-corrected chi connectivity index (χ2v) is 7.55. The van der Waals surface area contributed by atoms with Crippen LogP contribution < -0.4 is 10.1 Å². The van der Waals surface area contributed by atoms with E-state index in [-0.39, 0.29) is 18.1 Å². The lowest BCUT2D eigenvalue weighted by Gasteiger charge is -2.24. The van der Waals surface area contributed by atoms with Gasteiger partial charge in [-0.2, -0.15) is 0 Å². The molecule has 2 atom stereocenters. The fraction of sp³-hybridized carbons (Fsp3) is 0.381. The molecule has 26 heavy (non-hydrogen) atoms. The molecule has 1 aliphatic heterocycles. The van der Waals surface area contributed by atoms with Crippen molar-refractivity contribution in [3.8, 4) is 5.75 Å². The third-order valence-electron chi connectivity index (χ3n) is 4.98. The fourth-order valence-electron chi connectivity index (χ4n) is 3.53. The third kappa shape index (κ3) is 3.80. The summed E-state index contributed by atoms with van der Waals surface area (Å²) in [7, 11) is 0. The van der Waals surface area contributed by atoms with Crippen LogP contribution in [0.15, 0.2) is 36.4 Å². The van der Waals surface area contributed by atoms with Gasteiger partial charge in [0.15, 0.2) is 0 Å². The normalized spacial score (nSPS) is 16.9. The van der Waals surface area contributed by atoms with E-state index >= 15 is 0 Å². The largest absolute Gasteiger partial charge is 0.487 e. The van der Waals surface area contributed by atoms with Gasteiger partial charge in [-0.25, -0.2) is 4.79 Å². The number of rotatable bonds is 5. The molecule has 2 N–H and O–H groups in total. The molecule has 0 saturated heterocycles. The molecule has 0 aliphatic carbocycles. The zero-order chi connectivity index (χ0) is 18.8. The average molecular weight is 374 g/mol. The van der Waals surface area contributed by atoms with Crippen molar-refractivity contribution in [2.24, 2.45) is 0 Å². The molecule has 0 aromatic heterocycles. The maximum Gasteiger partial charge on any atom is 0.405 e. The van der Waals surface area contributed by atoms with E-state index in [1.54, 1.807) is 0 Å². The standard InChI is InChI=1S/C21H24ClNO3/c1-12(2)15-10-17(22)13(3)16-11-19(26-20(15)16)18(23-21(24)25)9-14-7-5-4-6-8-14/h4-8,10,12,18-19,23H,9,11H2,1-3H3,(H,24,25). The lowest BCUT2D eigenvalue weighted by molar-refractivity contribution is 0.153. The van der Waals surface area contributed by atoms with Crippen LogP contribution in [-0.4, -0.2) is 23.3 Å². The number of benzene rings is 2. The summed E-state index contributed by atoms with van der Waals surface area (Å²) in [6, 6.07) is 11.5. The highest BCUT2D eigenvalue weighted by molar-refractivity contribution is 6.31. The van der Waals surface area contributed by atoms with Crippen LogP contribution in [0, 0.1) is 6.92 Å². The second-order valence-electron chi connectivity index (χ2n) is 7.14. The van der Waals surface area contributed by atoms with Gasteiger partial charge in [0.25, 0.3) is 0 Å². The molecule has 4 nitrogen and oxygen atoms in total. The Bertz CT molecular complexity index is 805. The zero-order valence-electron chi connectivity index (χ0n) is 15.3. The van der Waals surface area contributed by atoms with E-state index in [1.807, 2.05) is 43.3 Å². The molecule has 0 radical (unpaired) electrons. The van der Waals surface area contributed by atoms with Crippen LogP contribution in [0.5, 0.6) is 5.75 Å². The first-order valence-corrected chi connectivity index (χ1v) is 9.26. The van der Waals surface area contributed by atoms with Crippen LogP contribution >= 0.6 is 11.6 Å². The van der Waals surface area contributed by atoms with Crippen molar-refractivity contribution in [3.63, 3.8) is 0 Å². The Hall–Kier alpha value is -2.20. The van der Waals surface area contributed by atoms with Crippen molar-refractivity contribution in [3.05, 3.63) is 63.7 Å². The SMILES string of the molecule is Cc1c(Cl)cc(C(C)C)c2c1CC(C(Cc1ccccc1)NC(=O)O)O2. The van der Waals surface area contributed by atoms with Gasteiger partial charge in [0, 0.05) is 17.0 Å². The highest BCUT2D eigenvalue weighted by atomic mass is 35.5. The first-order valence-electron chi connectivity index (χ1n) is 8.88. The molecule has 5 heteroatoms. The highest BCUT2D eigenvalue weighted by Crippen LogP contribution is 2.42. The number of carbonyl (C=O) groups is 1. The van der Waals surface area contributed by atoms with Crippen molar-refractivity contribution in [1.29, 1.82) is 0 Å².